The molecule has 4 nitrogen and oxygen atoms in total. The van der Waals surface area contributed by atoms with Crippen LogP contribution in [-0.4, -0.2) is 15.7 Å². The summed E-state index contributed by atoms with van der Waals surface area (Å²) < 4.78 is 1.75. The maximum Gasteiger partial charge on any atom is 0.231 e. The highest BCUT2D eigenvalue weighted by atomic mass is 16.2. The van der Waals surface area contributed by atoms with Crippen molar-refractivity contribution in [2.24, 2.45) is 13.0 Å². The number of carbonyl (C=O) groups is 1. The molecule has 0 aliphatic heterocycles. The Morgan fingerprint density at radius 3 is 2.57 bits per heavy atom. The molecule has 1 heterocycles. The third-order valence-electron chi connectivity index (χ3n) is 4.13. The zero-order chi connectivity index (χ0) is 14.7. The summed E-state index contributed by atoms with van der Waals surface area (Å²) in [5.41, 5.74) is 1.13. The fourth-order valence-electron chi connectivity index (χ4n) is 2.98. The van der Waals surface area contributed by atoms with Crippen LogP contribution in [-0.2, 0) is 18.4 Å². The number of hydrogen-bond donors (Lipinski definition) is 0. The Balaban J connectivity index is 1.85. The summed E-state index contributed by atoms with van der Waals surface area (Å²) in [5, 5.41) is 4.42. The van der Waals surface area contributed by atoms with Crippen molar-refractivity contribution in [3.05, 3.63) is 48.2 Å². The molecule has 0 saturated heterocycles. The molecule has 0 radical (unpaired) electrons. The molecular formula is C17H21N3O. The zero-order valence-electron chi connectivity index (χ0n) is 12.4. The van der Waals surface area contributed by atoms with Gasteiger partial charge >= 0.3 is 0 Å². The van der Waals surface area contributed by atoms with Crippen LogP contribution in [0.2, 0.25) is 0 Å². The van der Waals surface area contributed by atoms with Gasteiger partial charge in [-0.05, 0) is 18.4 Å². The van der Waals surface area contributed by atoms with Crippen LogP contribution in [0.1, 0.15) is 31.2 Å². The standard InChI is InChI=1S/C17H21N3O/c1-19-12-11-16(18-19)20(13-14-7-3-2-4-8-14)17(21)15-9-5-6-10-15/h2-4,7-8,11-12,15H,5-6,9-10,13H2,1H3. The summed E-state index contributed by atoms with van der Waals surface area (Å²) >= 11 is 0. The van der Waals surface area contributed by atoms with E-state index in [-0.39, 0.29) is 11.8 Å². The van der Waals surface area contributed by atoms with Crippen molar-refractivity contribution in [3.8, 4) is 0 Å². The summed E-state index contributed by atoms with van der Waals surface area (Å²) in [5.74, 6) is 1.13. The van der Waals surface area contributed by atoms with Crippen LogP contribution < -0.4 is 4.90 Å². The molecule has 4 heteroatoms. The van der Waals surface area contributed by atoms with Crippen molar-refractivity contribution in [1.82, 2.24) is 9.78 Å². The molecule has 21 heavy (non-hydrogen) atoms. The lowest BCUT2D eigenvalue weighted by molar-refractivity contribution is -0.122. The van der Waals surface area contributed by atoms with Gasteiger partial charge in [0, 0.05) is 25.2 Å². The monoisotopic (exact) mass is 283 g/mol. The molecule has 0 unspecified atom stereocenters. The van der Waals surface area contributed by atoms with Crippen LogP contribution in [0.5, 0.6) is 0 Å². The van der Waals surface area contributed by atoms with Crippen molar-refractivity contribution < 1.29 is 4.79 Å². The second-order valence-electron chi connectivity index (χ2n) is 5.74. The fourth-order valence-corrected chi connectivity index (χ4v) is 2.98. The van der Waals surface area contributed by atoms with E-state index in [2.05, 4.69) is 17.2 Å². The minimum Gasteiger partial charge on any atom is -0.291 e. The molecule has 2 aromatic rings. The van der Waals surface area contributed by atoms with Gasteiger partial charge in [0.25, 0.3) is 0 Å². The minimum atomic E-state index is 0.163. The quantitative estimate of drug-likeness (QED) is 0.864. The Morgan fingerprint density at radius 1 is 1.24 bits per heavy atom. The van der Waals surface area contributed by atoms with Crippen LogP contribution in [0.3, 0.4) is 0 Å². The largest absolute Gasteiger partial charge is 0.291 e. The Bertz CT molecular complexity index is 600. The van der Waals surface area contributed by atoms with Crippen LogP contribution in [0.25, 0.3) is 0 Å². The van der Waals surface area contributed by atoms with E-state index < -0.39 is 0 Å². The molecule has 1 aromatic carbocycles. The number of aromatic nitrogens is 2. The SMILES string of the molecule is Cn1ccc(N(Cc2ccccc2)C(=O)C2CCCC2)n1. The highest BCUT2D eigenvalue weighted by Gasteiger charge is 2.29. The number of amides is 1. The number of hydrogen-bond acceptors (Lipinski definition) is 2. The summed E-state index contributed by atoms with van der Waals surface area (Å²) in [6.45, 7) is 0.590. The predicted octanol–water partition coefficient (Wildman–Crippen LogP) is 3.14. The van der Waals surface area contributed by atoms with E-state index in [9.17, 15) is 4.79 Å². The molecule has 0 spiro atoms. The molecule has 3 rings (SSSR count). The Morgan fingerprint density at radius 2 is 1.95 bits per heavy atom. The van der Waals surface area contributed by atoms with Gasteiger partial charge in [0.1, 0.15) is 0 Å². The van der Waals surface area contributed by atoms with Gasteiger partial charge in [-0.3, -0.25) is 14.4 Å². The lowest BCUT2D eigenvalue weighted by Gasteiger charge is -2.23. The van der Waals surface area contributed by atoms with E-state index in [0.29, 0.717) is 6.54 Å². The van der Waals surface area contributed by atoms with E-state index in [0.717, 1.165) is 37.1 Å². The normalized spacial score (nSPS) is 15.3. The number of benzene rings is 1. The second-order valence-corrected chi connectivity index (χ2v) is 5.74. The van der Waals surface area contributed by atoms with Gasteiger partial charge in [-0.2, -0.15) is 5.10 Å². The molecule has 1 amide bonds. The van der Waals surface area contributed by atoms with Gasteiger partial charge in [-0.15, -0.1) is 0 Å². The molecule has 0 N–H and O–H groups in total. The Kier molecular flexibility index (Phi) is 4.04. The van der Waals surface area contributed by atoms with Crippen molar-refractivity contribution in [2.75, 3.05) is 4.90 Å². The fraction of sp³-hybridized carbons (Fsp3) is 0.412. The summed E-state index contributed by atoms with van der Waals surface area (Å²) in [7, 11) is 1.88. The molecule has 1 fully saturated rings. The van der Waals surface area contributed by atoms with E-state index in [1.54, 1.807) is 4.68 Å². The topological polar surface area (TPSA) is 38.1 Å². The molecule has 1 aliphatic carbocycles. The maximum absolute atomic E-state index is 12.8. The second kappa shape index (κ2) is 6.12. The lowest BCUT2D eigenvalue weighted by atomic mass is 10.1. The number of rotatable bonds is 4. The third-order valence-corrected chi connectivity index (χ3v) is 4.13. The molecule has 1 saturated carbocycles. The van der Waals surface area contributed by atoms with Gasteiger partial charge in [0.2, 0.25) is 5.91 Å². The average molecular weight is 283 g/mol. The van der Waals surface area contributed by atoms with Gasteiger partial charge < -0.3 is 0 Å². The van der Waals surface area contributed by atoms with Gasteiger partial charge in [0.05, 0.1) is 6.54 Å². The number of anilines is 1. The van der Waals surface area contributed by atoms with Crippen LogP contribution in [0.4, 0.5) is 5.82 Å². The molecule has 1 aliphatic rings. The van der Waals surface area contributed by atoms with E-state index in [4.69, 9.17) is 0 Å². The Hall–Kier alpha value is -2.10. The van der Waals surface area contributed by atoms with E-state index in [1.165, 1.54) is 0 Å². The molecular weight excluding hydrogens is 262 g/mol. The maximum atomic E-state index is 12.8. The van der Waals surface area contributed by atoms with E-state index >= 15 is 0 Å². The average Bonchev–Trinajstić information content (AvgIpc) is 3.16. The van der Waals surface area contributed by atoms with Crippen molar-refractivity contribution in [1.29, 1.82) is 0 Å². The number of nitrogens with zero attached hydrogens (tertiary/aromatic N) is 3. The van der Waals surface area contributed by atoms with Gasteiger partial charge in [-0.1, -0.05) is 43.2 Å². The summed E-state index contributed by atoms with van der Waals surface area (Å²) in [6.07, 6.45) is 6.23. The zero-order valence-corrected chi connectivity index (χ0v) is 12.4. The molecule has 0 atom stereocenters. The lowest BCUT2D eigenvalue weighted by Crippen LogP contribution is -2.35. The van der Waals surface area contributed by atoms with Crippen molar-refractivity contribution >= 4 is 11.7 Å². The van der Waals surface area contributed by atoms with E-state index in [1.807, 2.05) is 42.4 Å². The minimum absolute atomic E-state index is 0.163. The first-order valence-corrected chi connectivity index (χ1v) is 7.59. The summed E-state index contributed by atoms with van der Waals surface area (Å²) in [6, 6.07) is 12.0. The smallest absolute Gasteiger partial charge is 0.231 e. The molecule has 1 aromatic heterocycles. The Labute approximate surface area is 125 Å². The van der Waals surface area contributed by atoms with Crippen molar-refractivity contribution in [2.45, 2.75) is 32.2 Å². The van der Waals surface area contributed by atoms with Gasteiger partial charge in [0.15, 0.2) is 5.82 Å². The molecule has 110 valence electrons. The first-order valence-electron chi connectivity index (χ1n) is 7.59. The highest BCUT2D eigenvalue weighted by molar-refractivity contribution is 5.94. The predicted molar refractivity (Wildman–Crippen MR) is 82.8 cm³/mol. The number of carbonyl (C=O) groups excluding carboxylic acids is 1. The number of aryl methyl sites for hydroxylation is 1. The first kappa shape index (κ1) is 13.9. The third kappa shape index (κ3) is 3.15. The van der Waals surface area contributed by atoms with Crippen molar-refractivity contribution in [3.63, 3.8) is 0 Å². The van der Waals surface area contributed by atoms with Crippen LogP contribution >= 0.6 is 0 Å². The molecule has 0 bridgehead atoms. The van der Waals surface area contributed by atoms with Crippen LogP contribution in [0, 0.1) is 5.92 Å². The summed E-state index contributed by atoms with van der Waals surface area (Å²) in [4.78, 5) is 14.7. The van der Waals surface area contributed by atoms with Gasteiger partial charge in [-0.25, -0.2) is 0 Å². The highest BCUT2D eigenvalue weighted by Crippen LogP contribution is 2.29. The first-order chi connectivity index (χ1) is 10.2. The van der Waals surface area contributed by atoms with Crippen LogP contribution in [0.15, 0.2) is 42.6 Å².